The Bertz CT molecular complexity index is 1640. The van der Waals surface area contributed by atoms with E-state index in [4.69, 9.17) is 4.74 Å². The molecule has 0 aliphatic heterocycles. The molecule has 1 fully saturated rings. The molecule has 0 spiro atoms. The number of nitrogens with one attached hydrogen (secondary N) is 1. The molecule has 1 aliphatic rings. The molecule has 11 nitrogen and oxygen atoms in total. The summed E-state index contributed by atoms with van der Waals surface area (Å²) in [5.41, 5.74) is 0.548. The van der Waals surface area contributed by atoms with Crippen molar-refractivity contribution in [3.05, 3.63) is 93.8 Å². The van der Waals surface area contributed by atoms with Gasteiger partial charge < -0.3 is 15.0 Å². The number of anilines is 1. The predicted molar refractivity (Wildman–Crippen MR) is 171 cm³/mol. The zero-order valence-corrected chi connectivity index (χ0v) is 27.0. The second kappa shape index (κ2) is 15.2. The number of rotatable bonds is 13. The fourth-order valence-electron chi connectivity index (χ4n) is 5.60. The third-order valence-corrected chi connectivity index (χ3v) is 9.98. The van der Waals surface area contributed by atoms with E-state index in [1.165, 1.54) is 79.6 Å². The highest BCUT2D eigenvalue weighted by atomic mass is 32.2. The minimum Gasteiger partial charge on any atom is -0.497 e. The van der Waals surface area contributed by atoms with Crippen LogP contribution in [-0.2, 0) is 26.2 Å². The number of nitrogens with zero attached hydrogens (tertiary/aromatic N) is 3. The molecule has 1 N–H and O–H groups in total. The number of carbonyl (C=O) groups excluding carboxylic acids is 2. The summed E-state index contributed by atoms with van der Waals surface area (Å²) in [7, 11) is -3.09. The van der Waals surface area contributed by atoms with E-state index in [2.05, 4.69) is 5.32 Å². The second-order valence-corrected chi connectivity index (χ2v) is 13.2. The van der Waals surface area contributed by atoms with Crippen molar-refractivity contribution >= 4 is 33.2 Å². The average Bonchev–Trinajstić information content (AvgIpc) is 3.04. The number of benzene rings is 3. The van der Waals surface area contributed by atoms with E-state index in [9.17, 15) is 32.5 Å². The van der Waals surface area contributed by atoms with Crippen LogP contribution in [0.4, 0.5) is 15.8 Å². The number of aryl methyl sites for hydroxylation is 1. The minimum atomic E-state index is -4.54. The molecule has 0 aromatic heterocycles. The van der Waals surface area contributed by atoms with Crippen molar-refractivity contribution in [1.82, 2.24) is 10.2 Å². The molecule has 0 saturated heterocycles. The van der Waals surface area contributed by atoms with E-state index in [1.54, 1.807) is 6.92 Å². The Morgan fingerprint density at radius 1 is 1.04 bits per heavy atom. The van der Waals surface area contributed by atoms with Crippen LogP contribution in [0.25, 0.3) is 0 Å². The Hall–Kier alpha value is -4.52. The van der Waals surface area contributed by atoms with E-state index in [0.29, 0.717) is 11.3 Å². The van der Waals surface area contributed by atoms with E-state index in [-0.39, 0.29) is 46.7 Å². The third-order valence-electron chi connectivity index (χ3n) is 8.21. The van der Waals surface area contributed by atoms with Gasteiger partial charge in [-0.05, 0) is 74.2 Å². The van der Waals surface area contributed by atoms with E-state index >= 15 is 0 Å². The first kappa shape index (κ1) is 34.4. The zero-order valence-electron chi connectivity index (χ0n) is 26.1. The molecule has 0 radical (unpaired) electrons. The van der Waals surface area contributed by atoms with Crippen LogP contribution >= 0.6 is 0 Å². The molecular weight excluding hydrogens is 615 g/mol. The van der Waals surface area contributed by atoms with Crippen molar-refractivity contribution in [2.24, 2.45) is 0 Å². The van der Waals surface area contributed by atoms with Gasteiger partial charge in [0.05, 0.1) is 22.6 Å². The first-order valence-electron chi connectivity index (χ1n) is 15.2. The topological polar surface area (TPSA) is 139 Å². The lowest BCUT2D eigenvalue weighted by molar-refractivity contribution is -0.385. The highest BCUT2D eigenvalue weighted by Crippen LogP contribution is 2.30. The first-order valence-corrected chi connectivity index (χ1v) is 16.6. The highest BCUT2D eigenvalue weighted by Gasteiger charge is 2.35. The lowest BCUT2D eigenvalue weighted by atomic mass is 9.95. The first-order chi connectivity index (χ1) is 21.9. The molecule has 1 saturated carbocycles. The summed E-state index contributed by atoms with van der Waals surface area (Å²) in [6.45, 7) is 2.46. The smallest absolute Gasteiger partial charge is 0.273 e. The Balaban J connectivity index is 1.75. The van der Waals surface area contributed by atoms with E-state index in [0.717, 1.165) is 42.5 Å². The quantitative estimate of drug-likeness (QED) is 0.190. The van der Waals surface area contributed by atoms with Crippen molar-refractivity contribution in [3.8, 4) is 5.75 Å². The maximum atomic E-state index is 14.3. The number of ether oxygens (including phenoxy) is 1. The highest BCUT2D eigenvalue weighted by molar-refractivity contribution is 7.92. The van der Waals surface area contributed by atoms with E-state index in [1.807, 2.05) is 0 Å². The van der Waals surface area contributed by atoms with Gasteiger partial charge in [0.2, 0.25) is 11.8 Å². The van der Waals surface area contributed by atoms with Gasteiger partial charge in [0.15, 0.2) is 0 Å². The van der Waals surface area contributed by atoms with Gasteiger partial charge in [0, 0.05) is 24.2 Å². The summed E-state index contributed by atoms with van der Waals surface area (Å²) in [5.74, 6) is -1.05. The molecule has 4 rings (SSSR count). The summed E-state index contributed by atoms with van der Waals surface area (Å²) in [5, 5.41) is 14.7. The summed E-state index contributed by atoms with van der Waals surface area (Å²) in [6.07, 6.45) is 4.99. The number of halogens is 1. The van der Waals surface area contributed by atoms with Gasteiger partial charge in [-0.1, -0.05) is 44.4 Å². The van der Waals surface area contributed by atoms with Crippen LogP contribution in [0.2, 0.25) is 0 Å². The van der Waals surface area contributed by atoms with Crippen molar-refractivity contribution in [1.29, 1.82) is 0 Å². The molecular formula is C33H39FN4O7S. The summed E-state index contributed by atoms with van der Waals surface area (Å²) < 4.78 is 48.1. The van der Waals surface area contributed by atoms with Gasteiger partial charge in [0.25, 0.3) is 15.7 Å². The normalized spacial score (nSPS) is 14.3. The maximum Gasteiger partial charge on any atom is 0.273 e. The van der Waals surface area contributed by atoms with Crippen molar-refractivity contribution < 1.29 is 32.1 Å². The van der Waals surface area contributed by atoms with Crippen LogP contribution in [0.15, 0.2) is 71.6 Å². The third kappa shape index (κ3) is 8.19. The predicted octanol–water partition coefficient (Wildman–Crippen LogP) is 5.50. The fraction of sp³-hybridized carbons (Fsp3) is 0.394. The molecule has 3 aromatic rings. The second-order valence-electron chi connectivity index (χ2n) is 11.3. The Kier molecular flexibility index (Phi) is 11.3. The summed E-state index contributed by atoms with van der Waals surface area (Å²) in [4.78, 5) is 39.8. The molecule has 46 heavy (non-hydrogen) atoms. The molecule has 0 unspecified atom stereocenters. The lowest BCUT2D eigenvalue weighted by Gasteiger charge is -2.34. The number of methoxy groups -OCH3 is 1. The number of hydrogen-bond donors (Lipinski definition) is 1. The SMILES string of the molecule is CC[C@H](C(=O)NC1CCCCC1)N(Cc1ccc(F)cc1)C(=O)CN(c1ccc(OC)cc1)S(=O)(=O)c1ccc(C)c([N+](=O)[O-])c1. The monoisotopic (exact) mass is 654 g/mol. The molecule has 0 heterocycles. The molecule has 0 bridgehead atoms. The Labute approximate surface area is 268 Å². The fourth-order valence-corrected chi connectivity index (χ4v) is 7.04. The van der Waals surface area contributed by atoms with Crippen molar-refractivity contribution in [2.45, 2.75) is 75.9 Å². The number of sulfonamides is 1. The molecule has 3 aromatic carbocycles. The number of nitro benzene ring substituents is 1. The van der Waals surface area contributed by atoms with Crippen molar-refractivity contribution in [2.75, 3.05) is 18.0 Å². The lowest BCUT2D eigenvalue weighted by Crippen LogP contribution is -2.54. The van der Waals surface area contributed by atoms with Crippen LogP contribution < -0.4 is 14.4 Å². The van der Waals surface area contributed by atoms with Crippen LogP contribution in [-0.4, -0.2) is 55.8 Å². The molecule has 1 atom stereocenters. The molecule has 1 aliphatic carbocycles. The van der Waals surface area contributed by atoms with Crippen LogP contribution in [0.3, 0.4) is 0 Å². The Morgan fingerprint density at radius 2 is 1.70 bits per heavy atom. The van der Waals surface area contributed by atoms with Crippen molar-refractivity contribution in [3.63, 3.8) is 0 Å². The van der Waals surface area contributed by atoms with Gasteiger partial charge in [-0.3, -0.25) is 24.0 Å². The summed E-state index contributed by atoms with van der Waals surface area (Å²) >= 11 is 0. The minimum absolute atomic E-state index is 0.0217. The Morgan fingerprint density at radius 3 is 2.28 bits per heavy atom. The number of amides is 2. The van der Waals surface area contributed by atoms with Gasteiger partial charge in [-0.15, -0.1) is 0 Å². The van der Waals surface area contributed by atoms with Gasteiger partial charge in [0.1, 0.15) is 24.2 Å². The van der Waals surface area contributed by atoms with Crippen LogP contribution in [0, 0.1) is 22.9 Å². The zero-order chi connectivity index (χ0) is 33.4. The standard InChI is InChI=1S/C33H39FN4O7S/c1-4-30(33(40)35-26-8-6-5-7-9-26)36(21-24-11-13-25(34)14-12-24)32(39)22-37(27-15-17-28(45-3)18-16-27)46(43,44)29-19-10-23(2)31(20-29)38(41)42/h10-20,26,30H,4-9,21-22H2,1-3H3,(H,35,40)/t30-/m1/s1. The molecule has 13 heteroatoms. The molecule has 246 valence electrons. The number of carbonyl (C=O) groups is 2. The number of hydrogen-bond acceptors (Lipinski definition) is 7. The largest absolute Gasteiger partial charge is 0.497 e. The van der Waals surface area contributed by atoms with Gasteiger partial charge >= 0.3 is 0 Å². The maximum absolute atomic E-state index is 14.3. The van der Waals surface area contributed by atoms with E-state index < -0.39 is 39.3 Å². The molecule has 2 amide bonds. The number of nitro groups is 1. The van der Waals surface area contributed by atoms with Crippen LogP contribution in [0.1, 0.15) is 56.6 Å². The average molecular weight is 655 g/mol. The van der Waals surface area contributed by atoms with Gasteiger partial charge in [-0.2, -0.15) is 0 Å². The van der Waals surface area contributed by atoms with Gasteiger partial charge in [-0.25, -0.2) is 12.8 Å². The van der Waals surface area contributed by atoms with Crippen LogP contribution in [0.5, 0.6) is 5.75 Å². The summed E-state index contributed by atoms with van der Waals surface area (Å²) in [6, 6.07) is 14.1.